The Morgan fingerprint density at radius 1 is 0.944 bits per heavy atom. The summed E-state index contributed by atoms with van der Waals surface area (Å²) in [5, 5.41) is 27.5. The topological polar surface area (TPSA) is 149 Å². The van der Waals surface area contributed by atoms with Gasteiger partial charge in [-0.05, 0) is 79.2 Å². The third-order valence-corrected chi connectivity index (χ3v) is 6.50. The minimum Gasteiger partial charge on any atom is -0.508 e. The van der Waals surface area contributed by atoms with Crippen molar-refractivity contribution in [3.05, 3.63) is 78.4 Å². The van der Waals surface area contributed by atoms with Crippen molar-refractivity contribution in [2.24, 2.45) is 0 Å². The zero-order chi connectivity index (χ0) is 26.0. The van der Waals surface area contributed by atoms with Gasteiger partial charge in [0.15, 0.2) is 0 Å². The van der Waals surface area contributed by atoms with E-state index >= 15 is 0 Å². The second-order valence-corrected chi connectivity index (χ2v) is 9.63. The number of aromatic hydroxyl groups is 1. The molecule has 0 saturated carbocycles. The number of hydrogen-bond donors (Lipinski definition) is 6. The first kappa shape index (κ1) is 26.8. The number of anilines is 2. The van der Waals surface area contributed by atoms with Crippen molar-refractivity contribution in [3.63, 3.8) is 0 Å². The molecule has 0 aromatic heterocycles. The van der Waals surface area contributed by atoms with Crippen LogP contribution in [0, 0.1) is 0 Å². The molecule has 10 nitrogen and oxygen atoms in total. The number of urea groups is 1. The molecule has 1 atom stereocenters. The molecule has 36 heavy (non-hydrogen) atoms. The number of amides is 2. The van der Waals surface area contributed by atoms with Gasteiger partial charge in [0.1, 0.15) is 24.2 Å². The average molecular weight is 515 g/mol. The van der Waals surface area contributed by atoms with E-state index in [4.69, 9.17) is 4.74 Å². The Morgan fingerprint density at radius 2 is 1.58 bits per heavy atom. The Balaban J connectivity index is 1.41. The number of ether oxygens (including phenoxy) is 1. The van der Waals surface area contributed by atoms with Crippen LogP contribution in [-0.4, -0.2) is 57.5 Å². The molecule has 0 aliphatic carbocycles. The van der Waals surface area contributed by atoms with Gasteiger partial charge in [-0.25, -0.2) is 13.2 Å². The van der Waals surface area contributed by atoms with Crippen molar-refractivity contribution in [3.8, 4) is 11.5 Å². The lowest BCUT2D eigenvalue weighted by Crippen LogP contribution is -2.32. The lowest BCUT2D eigenvalue weighted by Gasteiger charge is -2.13. The smallest absolute Gasteiger partial charge is 0.318 e. The Bertz CT molecular complexity index is 1220. The molecule has 0 bridgehead atoms. The van der Waals surface area contributed by atoms with E-state index < -0.39 is 22.2 Å². The van der Waals surface area contributed by atoms with E-state index in [1.54, 1.807) is 24.3 Å². The van der Waals surface area contributed by atoms with Crippen LogP contribution in [0.5, 0.6) is 11.5 Å². The first-order chi connectivity index (χ1) is 17.2. The van der Waals surface area contributed by atoms with Crippen molar-refractivity contribution in [1.29, 1.82) is 0 Å². The van der Waals surface area contributed by atoms with E-state index in [1.165, 1.54) is 43.4 Å². The molecular weight excluding hydrogens is 484 g/mol. The van der Waals surface area contributed by atoms with Crippen LogP contribution in [0.25, 0.3) is 0 Å². The summed E-state index contributed by atoms with van der Waals surface area (Å²) in [7, 11) is -2.29. The van der Waals surface area contributed by atoms with E-state index in [0.29, 0.717) is 36.6 Å². The van der Waals surface area contributed by atoms with Crippen LogP contribution in [0.1, 0.15) is 5.56 Å². The maximum Gasteiger partial charge on any atom is 0.318 e. The molecule has 0 aliphatic rings. The number of nitrogens with one attached hydrogen (secondary N) is 4. The van der Waals surface area contributed by atoms with Crippen molar-refractivity contribution >= 4 is 27.4 Å². The fourth-order valence-electron chi connectivity index (χ4n) is 3.16. The lowest BCUT2D eigenvalue weighted by molar-refractivity contribution is 0.106. The number of aliphatic hydroxyl groups is 1. The summed E-state index contributed by atoms with van der Waals surface area (Å²) >= 11 is 0. The summed E-state index contributed by atoms with van der Waals surface area (Å²) in [5.74, 6) is 0.718. The van der Waals surface area contributed by atoms with Crippen molar-refractivity contribution in [2.45, 2.75) is 17.4 Å². The predicted molar refractivity (Wildman–Crippen MR) is 138 cm³/mol. The average Bonchev–Trinajstić information content (AvgIpc) is 2.87. The van der Waals surface area contributed by atoms with E-state index in [1.807, 2.05) is 12.1 Å². The van der Waals surface area contributed by atoms with E-state index in [9.17, 15) is 23.4 Å². The lowest BCUT2D eigenvalue weighted by atomic mass is 10.1. The quantitative estimate of drug-likeness (QED) is 0.203. The summed E-state index contributed by atoms with van der Waals surface area (Å²) < 4.78 is 33.3. The van der Waals surface area contributed by atoms with Gasteiger partial charge in [-0.2, -0.15) is 0 Å². The number of rotatable bonds is 12. The number of aliphatic hydroxyl groups excluding tert-OH is 1. The van der Waals surface area contributed by atoms with Gasteiger partial charge in [-0.15, -0.1) is 0 Å². The molecule has 2 amide bonds. The molecule has 6 N–H and O–H groups in total. The monoisotopic (exact) mass is 514 g/mol. The molecule has 0 unspecified atom stereocenters. The summed E-state index contributed by atoms with van der Waals surface area (Å²) in [4.78, 5) is 11.4. The standard InChI is InChI=1S/C25H30N4O6S/c1-26-25(32)28-19-6-12-24(13-7-19)36(33,34)29-20-4-2-18(3-5-20)14-15-27-16-22(31)17-35-23-10-8-21(30)9-11-23/h2-13,22,27,29-31H,14-17H2,1H3,(H2,26,28,32)/t22-/m0/s1. The molecule has 0 fully saturated rings. The van der Waals surface area contributed by atoms with Gasteiger partial charge in [0, 0.05) is 25.0 Å². The molecule has 3 aromatic rings. The molecule has 3 rings (SSSR count). The second kappa shape index (κ2) is 12.8. The van der Waals surface area contributed by atoms with Crippen LogP contribution in [0.2, 0.25) is 0 Å². The molecule has 11 heteroatoms. The molecule has 0 radical (unpaired) electrons. The van der Waals surface area contributed by atoms with Crippen LogP contribution >= 0.6 is 0 Å². The molecule has 0 aliphatic heterocycles. The number of benzene rings is 3. The largest absolute Gasteiger partial charge is 0.508 e. The zero-order valence-corrected chi connectivity index (χ0v) is 20.6. The van der Waals surface area contributed by atoms with Crippen molar-refractivity contribution in [1.82, 2.24) is 10.6 Å². The minimum absolute atomic E-state index is 0.0752. The highest BCUT2D eigenvalue weighted by Gasteiger charge is 2.14. The number of carbonyl (C=O) groups excluding carboxylic acids is 1. The molecule has 3 aromatic carbocycles. The number of phenols is 1. The van der Waals surface area contributed by atoms with Crippen LogP contribution in [0.15, 0.2) is 77.7 Å². The predicted octanol–water partition coefficient (Wildman–Crippen LogP) is 2.52. The van der Waals surface area contributed by atoms with Crippen molar-refractivity contribution < 1.29 is 28.2 Å². The van der Waals surface area contributed by atoms with Crippen LogP contribution < -0.4 is 25.4 Å². The number of phenolic OH excluding ortho intramolecular Hbond substituents is 1. The summed E-state index contributed by atoms with van der Waals surface area (Å²) in [6.45, 7) is 1.10. The maximum absolute atomic E-state index is 12.6. The maximum atomic E-state index is 12.6. The third-order valence-electron chi connectivity index (χ3n) is 5.11. The fraction of sp³-hybridized carbons (Fsp3) is 0.240. The summed E-state index contributed by atoms with van der Waals surface area (Å²) in [6, 6.07) is 18.8. The van der Waals surface area contributed by atoms with Crippen LogP contribution in [0.4, 0.5) is 16.2 Å². The van der Waals surface area contributed by atoms with Gasteiger partial charge >= 0.3 is 6.03 Å². The van der Waals surface area contributed by atoms with Gasteiger partial charge in [-0.3, -0.25) is 4.72 Å². The SMILES string of the molecule is CNC(=O)Nc1ccc(S(=O)(=O)Nc2ccc(CCNC[C@H](O)COc3ccc(O)cc3)cc2)cc1. The normalized spacial score (nSPS) is 11.9. The minimum atomic E-state index is -3.78. The molecule has 192 valence electrons. The van der Waals surface area contributed by atoms with E-state index in [2.05, 4.69) is 20.7 Å². The third kappa shape index (κ3) is 8.45. The number of hydrogen-bond acceptors (Lipinski definition) is 7. The number of sulfonamides is 1. The Morgan fingerprint density at radius 3 is 2.22 bits per heavy atom. The first-order valence-electron chi connectivity index (χ1n) is 11.3. The molecular formula is C25H30N4O6S. The highest BCUT2D eigenvalue weighted by molar-refractivity contribution is 7.92. The Hall–Kier alpha value is -3.80. The van der Waals surface area contributed by atoms with Crippen molar-refractivity contribution in [2.75, 3.05) is 36.8 Å². The highest BCUT2D eigenvalue weighted by atomic mass is 32.2. The molecule has 0 saturated heterocycles. The fourth-order valence-corrected chi connectivity index (χ4v) is 4.22. The summed E-state index contributed by atoms with van der Waals surface area (Å²) in [6.07, 6.45) is 0.00230. The highest BCUT2D eigenvalue weighted by Crippen LogP contribution is 2.19. The van der Waals surface area contributed by atoms with Gasteiger partial charge in [0.05, 0.1) is 4.90 Å². The number of carbonyl (C=O) groups is 1. The van der Waals surface area contributed by atoms with Gasteiger partial charge < -0.3 is 30.9 Å². The Kier molecular flexibility index (Phi) is 9.51. The van der Waals surface area contributed by atoms with E-state index in [-0.39, 0.29) is 17.3 Å². The zero-order valence-electron chi connectivity index (χ0n) is 19.8. The molecule has 0 heterocycles. The van der Waals surface area contributed by atoms with Gasteiger partial charge in [-0.1, -0.05) is 12.1 Å². The van der Waals surface area contributed by atoms with Gasteiger partial charge in [0.2, 0.25) is 0 Å². The summed E-state index contributed by atoms with van der Waals surface area (Å²) in [5.41, 5.74) is 1.91. The van der Waals surface area contributed by atoms with Gasteiger partial charge in [0.25, 0.3) is 10.0 Å². The Labute approximate surface area is 210 Å². The first-order valence-corrected chi connectivity index (χ1v) is 12.7. The van der Waals surface area contributed by atoms with Crippen LogP contribution in [-0.2, 0) is 16.4 Å². The second-order valence-electron chi connectivity index (χ2n) is 7.94. The van der Waals surface area contributed by atoms with E-state index in [0.717, 1.165) is 5.56 Å². The van der Waals surface area contributed by atoms with Crippen LogP contribution in [0.3, 0.4) is 0 Å². The molecule has 0 spiro atoms.